The van der Waals surface area contributed by atoms with Gasteiger partial charge in [0.25, 0.3) is 5.69 Å². The summed E-state index contributed by atoms with van der Waals surface area (Å²) < 4.78 is 42.0. The lowest BCUT2D eigenvalue weighted by atomic mass is 9.69. The third-order valence-electron chi connectivity index (χ3n) is 8.01. The van der Waals surface area contributed by atoms with Gasteiger partial charge in [-0.05, 0) is 43.1 Å². The van der Waals surface area contributed by atoms with Crippen LogP contribution in [0.5, 0.6) is 0 Å². The number of aromatic nitrogens is 1. The summed E-state index contributed by atoms with van der Waals surface area (Å²) in [4.78, 5) is 45.3. The Bertz CT molecular complexity index is 1480. The van der Waals surface area contributed by atoms with Crippen LogP contribution in [0.25, 0.3) is 0 Å². The lowest BCUT2D eigenvalue weighted by Gasteiger charge is -2.36. The van der Waals surface area contributed by atoms with Crippen LogP contribution in [0.4, 0.5) is 24.5 Å². The van der Waals surface area contributed by atoms with Crippen LogP contribution < -0.4 is 5.32 Å². The van der Waals surface area contributed by atoms with E-state index >= 15 is 0 Å². The van der Waals surface area contributed by atoms with Gasteiger partial charge in [-0.2, -0.15) is 13.2 Å². The van der Waals surface area contributed by atoms with Crippen LogP contribution in [0.1, 0.15) is 45.9 Å². The molecule has 3 aliphatic rings. The molecule has 11 heteroatoms. The molecule has 2 saturated heterocycles. The topological polar surface area (TPSA) is 105 Å². The highest BCUT2D eigenvalue weighted by Gasteiger charge is 2.70. The van der Waals surface area contributed by atoms with Crippen molar-refractivity contribution in [2.75, 3.05) is 11.9 Å². The monoisotopic (exact) mass is 522 g/mol. The number of amides is 1. The molecule has 4 heterocycles. The Morgan fingerprint density at radius 1 is 1.13 bits per heavy atom. The highest BCUT2D eigenvalue weighted by molar-refractivity contribution is 6.12. The van der Waals surface area contributed by atoms with Crippen LogP contribution in [-0.4, -0.2) is 39.1 Å². The number of pyridine rings is 1. The van der Waals surface area contributed by atoms with Crippen LogP contribution in [-0.2, 0) is 16.5 Å². The first-order valence-electron chi connectivity index (χ1n) is 12.1. The maximum atomic E-state index is 14.3. The number of nitrogens with zero attached hydrogens (tertiary/aromatic N) is 3. The number of nitrogens with one attached hydrogen (secondary N) is 1. The van der Waals surface area contributed by atoms with E-state index in [0.29, 0.717) is 24.9 Å². The Balaban J connectivity index is 1.64. The fraction of sp³-hybridized carbons (Fsp3) is 0.296. The molecule has 3 unspecified atom stereocenters. The number of carbonyl (C=O) groups is 2. The maximum absolute atomic E-state index is 14.3. The minimum absolute atomic E-state index is 0.0710. The number of hydrogen-bond acceptors (Lipinski definition) is 6. The zero-order valence-corrected chi connectivity index (χ0v) is 19.8. The molecule has 0 radical (unpaired) electrons. The molecule has 0 aliphatic carbocycles. The third kappa shape index (κ3) is 3.31. The van der Waals surface area contributed by atoms with Crippen molar-refractivity contribution in [1.29, 1.82) is 0 Å². The number of Topliss-reactive ketones (excluding diaryl/α,β-unsaturated/α-hetero) is 1. The van der Waals surface area contributed by atoms with E-state index in [1.165, 1.54) is 42.6 Å². The van der Waals surface area contributed by atoms with Crippen LogP contribution in [0.15, 0.2) is 66.9 Å². The highest BCUT2D eigenvalue weighted by Crippen LogP contribution is 2.62. The van der Waals surface area contributed by atoms with E-state index in [0.717, 1.165) is 6.07 Å². The van der Waals surface area contributed by atoms with Gasteiger partial charge in [-0.25, -0.2) is 0 Å². The number of rotatable bonds is 4. The second kappa shape index (κ2) is 8.45. The average Bonchev–Trinajstić information content (AvgIpc) is 3.56. The van der Waals surface area contributed by atoms with Crippen molar-refractivity contribution in [3.63, 3.8) is 0 Å². The molecule has 38 heavy (non-hydrogen) atoms. The van der Waals surface area contributed by atoms with E-state index in [-0.39, 0.29) is 22.6 Å². The van der Waals surface area contributed by atoms with Gasteiger partial charge in [0, 0.05) is 35.9 Å². The number of halogens is 3. The van der Waals surface area contributed by atoms with E-state index in [1.807, 2.05) is 4.90 Å². The quantitative estimate of drug-likeness (QED) is 0.296. The van der Waals surface area contributed by atoms with Crippen molar-refractivity contribution in [2.45, 2.75) is 36.5 Å². The molecule has 1 amide bonds. The van der Waals surface area contributed by atoms with Crippen molar-refractivity contribution in [3.05, 3.63) is 99.4 Å². The Morgan fingerprint density at radius 3 is 2.63 bits per heavy atom. The number of anilines is 1. The van der Waals surface area contributed by atoms with Gasteiger partial charge in [0.2, 0.25) is 5.91 Å². The molecular weight excluding hydrogens is 501 g/mol. The number of fused-ring (bicyclic) bond motifs is 4. The zero-order chi connectivity index (χ0) is 26.8. The molecule has 0 saturated carbocycles. The molecule has 1 spiro atoms. The minimum Gasteiger partial charge on any atom is -0.323 e. The number of nitro benzene ring substituents is 1. The van der Waals surface area contributed by atoms with Gasteiger partial charge in [0.05, 0.1) is 22.1 Å². The van der Waals surface area contributed by atoms with E-state index < -0.39 is 51.8 Å². The number of hydrogen-bond donors (Lipinski definition) is 1. The second-order valence-electron chi connectivity index (χ2n) is 9.78. The predicted molar refractivity (Wildman–Crippen MR) is 129 cm³/mol. The number of carbonyl (C=O) groups excluding carboxylic acids is 2. The Morgan fingerprint density at radius 2 is 1.92 bits per heavy atom. The average molecular weight is 522 g/mol. The molecule has 6 rings (SSSR count). The summed E-state index contributed by atoms with van der Waals surface area (Å²) >= 11 is 0. The number of para-hydroxylation sites is 1. The van der Waals surface area contributed by atoms with E-state index in [9.17, 15) is 32.9 Å². The van der Waals surface area contributed by atoms with E-state index in [1.54, 1.807) is 18.2 Å². The molecule has 2 aromatic carbocycles. The fourth-order valence-corrected chi connectivity index (χ4v) is 6.71. The van der Waals surface area contributed by atoms with Gasteiger partial charge in [-0.1, -0.05) is 30.3 Å². The molecule has 8 nitrogen and oxygen atoms in total. The van der Waals surface area contributed by atoms with Crippen LogP contribution in [0.2, 0.25) is 0 Å². The van der Waals surface area contributed by atoms with Gasteiger partial charge in [0.15, 0.2) is 5.78 Å². The second-order valence-corrected chi connectivity index (χ2v) is 9.78. The maximum Gasteiger partial charge on any atom is 0.418 e. The number of benzene rings is 2. The number of nitro groups is 1. The molecule has 2 fully saturated rings. The first kappa shape index (κ1) is 24.2. The van der Waals surface area contributed by atoms with Gasteiger partial charge < -0.3 is 5.32 Å². The zero-order valence-electron chi connectivity index (χ0n) is 19.8. The fourth-order valence-electron chi connectivity index (χ4n) is 6.71. The molecule has 1 aromatic heterocycles. The van der Waals surface area contributed by atoms with Crippen LogP contribution in [0.3, 0.4) is 0 Å². The molecule has 3 aromatic rings. The first-order valence-corrected chi connectivity index (χ1v) is 12.1. The van der Waals surface area contributed by atoms with E-state index in [2.05, 4.69) is 10.3 Å². The Kier molecular flexibility index (Phi) is 5.39. The van der Waals surface area contributed by atoms with Gasteiger partial charge in [-0.15, -0.1) is 0 Å². The summed E-state index contributed by atoms with van der Waals surface area (Å²) in [6, 6.07) is 13.9. The van der Waals surface area contributed by atoms with Gasteiger partial charge in [0.1, 0.15) is 11.2 Å². The first-order chi connectivity index (χ1) is 18.2. The summed E-state index contributed by atoms with van der Waals surface area (Å²) in [7, 11) is 0. The van der Waals surface area contributed by atoms with Crippen LogP contribution >= 0.6 is 0 Å². The normalized spacial score (nSPS) is 26.3. The summed E-state index contributed by atoms with van der Waals surface area (Å²) in [5.74, 6) is -3.08. The molecule has 194 valence electrons. The highest BCUT2D eigenvalue weighted by atomic mass is 19.4. The summed E-state index contributed by atoms with van der Waals surface area (Å²) in [5, 5.41) is 14.1. The molecular formula is C27H21F3N4O4. The lowest BCUT2D eigenvalue weighted by molar-refractivity contribution is -0.384. The van der Waals surface area contributed by atoms with Gasteiger partial charge >= 0.3 is 6.18 Å². The summed E-state index contributed by atoms with van der Waals surface area (Å²) in [6.45, 7) is 0.380. The van der Waals surface area contributed by atoms with Crippen molar-refractivity contribution in [1.82, 2.24) is 9.88 Å². The van der Waals surface area contributed by atoms with Crippen LogP contribution in [0, 0.1) is 16.0 Å². The summed E-state index contributed by atoms with van der Waals surface area (Å²) in [6.07, 6.45) is -2.07. The third-order valence-corrected chi connectivity index (χ3v) is 8.01. The van der Waals surface area contributed by atoms with Gasteiger partial charge in [-0.3, -0.25) is 29.6 Å². The molecule has 3 aliphatic heterocycles. The summed E-state index contributed by atoms with van der Waals surface area (Å²) in [5.41, 5.74) is -2.61. The molecule has 1 N–H and O–H groups in total. The minimum atomic E-state index is -4.73. The molecule has 4 atom stereocenters. The van der Waals surface area contributed by atoms with Crippen molar-refractivity contribution < 1.29 is 27.7 Å². The van der Waals surface area contributed by atoms with Crippen molar-refractivity contribution in [3.8, 4) is 0 Å². The van der Waals surface area contributed by atoms with E-state index in [4.69, 9.17) is 0 Å². The number of alkyl halides is 3. The predicted octanol–water partition coefficient (Wildman–Crippen LogP) is 4.92. The number of ketones is 1. The standard InChI is InChI=1S/C27H21F3N4O4/c28-27(29,30)18-9-4-8-17-23(18)32-25(36)26(17)22(24(35)19-10-1-2-12-31-19)21(20-11-5-13-33(20)26)15-6-3-7-16(14-15)34(37)38/h1-4,6-10,12,14,20-22H,5,11,13H2,(H,32,36)/t20?,21?,22?,26-/m1/s1. The number of non-ortho nitro benzene ring substituents is 1. The van der Waals surface area contributed by atoms with Crippen molar-refractivity contribution >= 4 is 23.1 Å². The molecule has 0 bridgehead atoms. The lowest BCUT2D eigenvalue weighted by Crippen LogP contribution is -2.53. The van der Waals surface area contributed by atoms with Crippen molar-refractivity contribution in [2.24, 2.45) is 5.92 Å². The largest absolute Gasteiger partial charge is 0.418 e. The Labute approximate surface area is 214 Å². The SMILES string of the molecule is O=C(c1ccccn1)C1C(c2cccc([N+](=O)[O-])c2)C2CCCN2[C@@]12C(=O)Nc1c(C(F)(F)F)cccc12. The Hall–Kier alpha value is -4.12. The smallest absolute Gasteiger partial charge is 0.323 e.